The predicted octanol–water partition coefficient (Wildman–Crippen LogP) is 13.0. The molecule has 0 aliphatic carbocycles. The number of hydrogen-bond acceptors (Lipinski definition) is 4. The van der Waals surface area contributed by atoms with Crippen LogP contribution < -0.4 is 0 Å². The fraction of sp³-hybridized carbons (Fsp3) is 0.459. The summed E-state index contributed by atoms with van der Waals surface area (Å²) in [5.41, 5.74) is 4.24. The number of fused-ring (bicyclic) bond motifs is 2. The van der Waals surface area contributed by atoms with Crippen molar-refractivity contribution < 1.29 is 0 Å². The Morgan fingerprint density at radius 1 is 0.400 bits per heavy atom. The van der Waals surface area contributed by atoms with Gasteiger partial charge in [0.25, 0.3) is 0 Å². The number of nitrogens with zero attached hydrogens (tertiary/aromatic N) is 4. The van der Waals surface area contributed by atoms with Gasteiger partial charge in [-0.15, -0.1) is 0 Å². The summed E-state index contributed by atoms with van der Waals surface area (Å²) in [7, 11) is 0. The van der Waals surface area contributed by atoms with Gasteiger partial charge in [0, 0.05) is 24.8 Å². The lowest BCUT2D eigenvalue weighted by atomic mass is 10.3. The zero-order valence-corrected chi connectivity index (χ0v) is 29.0. The van der Waals surface area contributed by atoms with E-state index < -0.39 is 0 Å². The molecule has 0 aliphatic rings. The van der Waals surface area contributed by atoms with E-state index in [1.54, 1.807) is 50.1 Å². The maximum Gasteiger partial charge on any atom is 0.0931 e. The highest BCUT2D eigenvalue weighted by atomic mass is 14.9. The van der Waals surface area contributed by atoms with E-state index >= 15 is 0 Å². The van der Waals surface area contributed by atoms with Crippen LogP contribution in [0.4, 0.5) is 0 Å². The molecular weight excluding hydrogens is 556 g/mol. The van der Waals surface area contributed by atoms with Crippen molar-refractivity contribution in [2.75, 3.05) is 0 Å². The van der Waals surface area contributed by atoms with Crippen LogP contribution in [-0.2, 0) is 0 Å². The maximum absolute atomic E-state index is 4.06. The number of H-pyrrole nitrogens is 4. The van der Waals surface area contributed by atoms with E-state index in [9.17, 15) is 0 Å². The van der Waals surface area contributed by atoms with Crippen molar-refractivity contribution in [2.24, 2.45) is 0 Å². The van der Waals surface area contributed by atoms with Gasteiger partial charge < -0.3 is 19.9 Å². The fourth-order valence-corrected chi connectivity index (χ4v) is 2.19. The first-order valence-electron chi connectivity index (χ1n) is 15.5. The molecule has 262 valence electrons. The lowest BCUT2D eigenvalue weighted by Crippen LogP contribution is -1.63. The molecule has 0 atom stereocenters. The smallest absolute Gasteiger partial charge is 0.0931 e. The largest absolute Gasteiger partial charge is 0.351 e. The Balaban J connectivity index is -0.0000000597. The second-order valence-corrected chi connectivity index (χ2v) is 5.36. The standard InChI is InChI=1S/2C7H6N2.2C3H4N2.7C2H6.3CH4/c2*1-2-4-7-6(3-1)8-5-9-7;2*1-2-5-3-4-1;7*1-2;;;/h2*1-5H,(H,8,9);2*1-3H,(H,4,5);7*1-2H3;3*1H4. The van der Waals surface area contributed by atoms with Crippen molar-refractivity contribution in [1.29, 1.82) is 0 Å². The Morgan fingerprint density at radius 3 is 0.889 bits per heavy atom. The molecule has 6 rings (SSSR count). The van der Waals surface area contributed by atoms with Gasteiger partial charge >= 0.3 is 0 Å². The van der Waals surface area contributed by atoms with Gasteiger partial charge in [-0.25, -0.2) is 19.9 Å². The minimum Gasteiger partial charge on any atom is -0.351 e. The Labute approximate surface area is 279 Å². The first-order chi connectivity index (χ1) is 20.9. The van der Waals surface area contributed by atoms with E-state index in [0.717, 1.165) is 22.1 Å². The molecule has 0 unspecified atom stereocenters. The van der Waals surface area contributed by atoms with Crippen LogP contribution in [0.3, 0.4) is 0 Å². The molecule has 0 spiro atoms. The van der Waals surface area contributed by atoms with Crippen molar-refractivity contribution in [3.8, 4) is 0 Å². The molecule has 0 aliphatic heterocycles. The molecule has 0 saturated heterocycles. The van der Waals surface area contributed by atoms with E-state index in [0.29, 0.717) is 0 Å². The zero-order valence-electron chi connectivity index (χ0n) is 29.0. The third kappa shape index (κ3) is 35.9. The molecule has 0 saturated carbocycles. The van der Waals surface area contributed by atoms with Gasteiger partial charge in [-0.1, -0.05) is 143 Å². The van der Waals surface area contributed by atoms with E-state index in [1.165, 1.54) is 0 Å². The second kappa shape index (κ2) is 59.3. The normalized spacial score (nSPS) is 6.80. The van der Waals surface area contributed by atoms with Crippen LogP contribution in [0, 0.1) is 0 Å². The minimum absolute atomic E-state index is 0. The van der Waals surface area contributed by atoms with Crippen LogP contribution in [-0.4, -0.2) is 39.9 Å². The third-order valence-corrected chi connectivity index (χ3v) is 3.47. The van der Waals surface area contributed by atoms with Crippen molar-refractivity contribution in [3.05, 3.63) is 98.6 Å². The molecular formula is C37H74N8. The van der Waals surface area contributed by atoms with Crippen LogP contribution >= 0.6 is 0 Å². The van der Waals surface area contributed by atoms with Gasteiger partial charge in [0.2, 0.25) is 0 Å². The van der Waals surface area contributed by atoms with Crippen molar-refractivity contribution >= 4 is 22.1 Å². The number of rotatable bonds is 0. The van der Waals surface area contributed by atoms with Crippen molar-refractivity contribution in [3.63, 3.8) is 0 Å². The average Bonchev–Trinajstić information content (AvgIpc) is 3.97. The average molecular weight is 631 g/mol. The van der Waals surface area contributed by atoms with Gasteiger partial charge in [0.1, 0.15) is 0 Å². The molecule has 4 aromatic heterocycles. The van der Waals surface area contributed by atoms with Gasteiger partial charge in [-0.05, 0) is 24.3 Å². The van der Waals surface area contributed by atoms with E-state index in [-0.39, 0.29) is 22.3 Å². The third-order valence-electron chi connectivity index (χ3n) is 3.47. The Hall–Kier alpha value is -4.20. The van der Waals surface area contributed by atoms with E-state index in [1.807, 2.05) is 145 Å². The summed E-state index contributed by atoms with van der Waals surface area (Å²) >= 11 is 0. The lowest BCUT2D eigenvalue weighted by Gasteiger charge is -1.81. The summed E-state index contributed by atoms with van der Waals surface area (Å²) in [6.45, 7) is 28.0. The molecule has 0 bridgehead atoms. The van der Waals surface area contributed by atoms with Gasteiger partial charge in [-0.2, -0.15) is 0 Å². The summed E-state index contributed by atoms with van der Waals surface area (Å²) in [4.78, 5) is 27.0. The molecule has 8 nitrogen and oxygen atoms in total. The van der Waals surface area contributed by atoms with Crippen LogP contribution in [0.15, 0.2) is 98.6 Å². The van der Waals surface area contributed by atoms with Crippen molar-refractivity contribution in [1.82, 2.24) is 39.9 Å². The van der Waals surface area contributed by atoms with Crippen LogP contribution in [0.2, 0.25) is 0 Å². The van der Waals surface area contributed by atoms with E-state index in [4.69, 9.17) is 0 Å². The fourth-order valence-electron chi connectivity index (χ4n) is 2.19. The second-order valence-electron chi connectivity index (χ2n) is 5.36. The summed E-state index contributed by atoms with van der Waals surface area (Å²) in [5.74, 6) is 0. The number of hydrogen-bond donors (Lipinski definition) is 4. The quantitative estimate of drug-likeness (QED) is 0.134. The number of benzene rings is 2. The minimum atomic E-state index is 0. The molecule has 2 aromatic carbocycles. The molecule has 4 heterocycles. The van der Waals surface area contributed by atoms with Gasteiger partial charge in [0.05, 0.1) is 47.4 Å². The molecule has 45 heavy (non-hydrogen) atoms. The molecule has 4 N–H and O–H groups in total. The number of imidazole rings is 4. The highest BCUT2D eigenvalue weighted by molar-refractivity contribution is 5.74. The Kier molecular flexibility index (Phi) is 79.1. The maximum atomic E-state index is 4.06. The van der Waals surface area contributed by atoms with Crippen LogP contribution in [0.5, 0.6) is 0 Å². The topological polar surface area (TPSA) is 115 Å². The predicted molar refractivity (Wildman–Crippen MR) is 209 cm³/mol. The monoisotopic (exact) mass is 631 g/mol. The highest BCUT2D eigenvalue weighted by Crippen LogP contribution is 2.06. The number of aromatic nitrogens is 8. The first kappa shape index (κ1) is 60.1. The molecule has 0 fully saturated rings. The SMILES string of the molecule is C.C.C.CC.CC.CC.CC.CC.CC.CC.c1c[nH]cn1.c1c[nH]cn1.c1ccc2[nH]cnc2c1.c1ccc2[nH]cnc2c1. The molecule has 6 aromatic rings. The highest BCUT2D eigenvalue weighted by Gasteiger charge is 1.89. The summed E-state index contributed by atoms with van der Waals surface area (Å²) in [5, 5.41) is 0. The first-order valence-corrected chi connectivity index (χ1v) is 15.5. The molecule has 0 amide bonds. The Bertz CT molecular complexity index is 943. The zero-order chi connectivity index (χ0) is 33.3. The lowest BCUT2D eigenvalue weighted by molar-refractivity contribution is 1.31. The summed E-state index contributed by atoms with van der Waals surface area (Å²) in [6.07, 6.45) is 13.6. The van der Waals surface area contributed by atoms with Crippen LogP contribution in [0.25, 0.3) is 22.1 Å². The number of nitrogens with one attached hydrogen (secondary N) is 4. The summed E-state index contributed by atoms with van der Waals surface area (Å²) < 4.78 is 0. The van der Waals surface area contributed by atoms with Gasteiger partial charge in [-0.3, -0.25) is 0 Å². The van der Waals surface area contributed by atoms with Crippen LogP contribution in [0.1, 0.15) is 119 Å². The molecule has 0 radical (unpaired) electrons. The number of aromatic amines is 4. The van der Waals surface area contributed by atoms with Crippen molar-refractivity contribution in [2.45, 2.75) is 119 Å². The number of para-hydroxylation sites is 4. The van der Waals surface area contributed by atoms with Gasteiger partial charge in [0.15, 0.2) is 0 Å². The molecule has 8 heteroatoms. The van der Waals surface area contributed by atoms with E-state index in [2.05, 4.69) is 39.9 Å². The Morgan fingerprint density at radius 2 is 0.689 bits per heavy atom. The summed E-state index contributed by atoms with van der Waals surface area (Å²) in [6, 6.07) is 15.9.